The van der Waals surface area contributed by atoms with Gasteiger partial charge in [-0.2, -0.15) is 0 Å². The number of hydrogen-bond acceptors (Lipinski definition) is 2. The molecule has 2 rings (SSSR count). The van der Waals surface area contributed by atoms with Crippen LogP contribution in [0.1, 0.15) is 5.56 Å². The van der Waals surface area contributed by atoms with Crippen LogP contribution in [0.2, 0.25) is 0 Å². The molecule has 0 bridgehead atoms. The molecule has 0 N–H and O–H groups in total. The Bertz CT molecular complexity index is 499. The first kappa shape index (κ1) is 10.9. The molecule has 2 nitrogen and oxygen atoms in total. The molecule has 15 heavy (non-hydrogen) atoms. The van der Waals surface area contributed by atoms with Crippen molar-refractivity contribution >= 4 is 42.8 Å². The van der Waals surface area contributed by atoms with Gasteiger partial charge in [-0.3, -0.25) is 0 Å². The van der Waals surface area contributed by atoms with Gasteiger partial charge >= 0.3 is 0 Å². The van der Waals surface area contributed by atoms with Crippen LogP contribution in [-0.4, -0.2) is 12.1 Å². The summed E-state index contributed by atoms with van der Waals surface area (Å²) in [5, 5.41) is 1.90. The second-order valence-electron chi connectivity index (χ2n) is 3.10. The summed E-state index contributed by atoms with van der Waals surface area (Å²) in [5.41, 5.74) is 2.15. The van der Waals surface area contributed by atoms with E-state index in [2.05, 4.69) is 42.9 Å². The number of aromatic nitrogens is 1. The van der Waals surface area contributed by atoms with Gasteiger partial charge in [-0.25, -0.2) is 4.98 Å². The van der Waals surface area contributed by atoms with Crippen molar-refractivity contribution in [2.75, 3.05) is 7.11 Å². The average Bonchev–Trinajstić information content (AvgIpc) is 2.27. The van der Waals surface area contributed by atoms with Gasteiger partial charge in [-0.1, -0.05) is 34.1 Å². The predicted molar refractivity (Wildman–Crippen MR) is 68.6 cm³/mol. The predicted octanol–water partition coefficient (Wildman–Crippen LogP) is 3.90. The highest BCUT2D eigenvalue weighted by atomic mass is 79.9. The Morgan fingerprint density at radius 1 is 1.40 bits per heavy atom. The fourth-order valence-electron chi connectivity index (χ4n) is 1.47. The highest BCUT2D eigenvalue weighted by Gasteiger charge is 2.07. The molecule has 1 heterocycles. The van der Waals surface area contributed by atoms with E-state index in [0.717, 1.165) is 20.7 Å². The highest BCUT2D eigenvalue weighted by molar-refractivity contribution is 9.10. The molecule has 0 saturated carbocycles. The topological polar surface area (TPSA) is 22.1 Å². The minimum absolute atomic E-state index is 0.621. The Morgan fingerprint density at radius 3 is 2.87 bits per heavy atom. The van der Waals surface area contributed by atoms with Crippen LogP contribution in [0.3, 0.4) is 0 Å². The van der Waals surface area contributed by atoms with Crippen LogP contribution >= 0.6 is 31.9 Å². The standard InChI is InChI=1S/C11H9Br2NO/c1-15-11-9(13)5-7-3-2-4-8(6-12)10(7)14-11/h2-5H,6H2,1H3. The van der Waals surface area contributed by atoms with E-state index in [9.17, 15) is 0 Å². The molecule has 4 heteroatoms. The summed E-state index contributed by atoms with van der Waals surface area (Å²) in [5.74, 6) is 0.621. The summed E-state index contributed by atoms with van der Waals surface area (Å²) < 4.78 is 6.06. The molecule has 1 aromatic carbocycles. The smallest absolute Gasteiger partial charge is 0.228 e. The lowest BCUT2D eigenvalue weighted by atomic mass is 10.1. The van der Waals surface area contributed by atoms with Crippen LogP contribution in [0.5, 0.6) is 5.88 Å². The van der Waals surface area contributed by atoms with Crippen LogP contribution in [0.15, 0.2) is 28.7 Å². The van der Waals surface area contributed by atoms with E-state index < -0.39 is 0 Å². The Morgan fingerprint density at radius 2 is 2.20 bits per heavy atom. The molecule has 0 radical (unpaired) electrons. The third-order valence-corrected chi connectivity index (χ3v) is 3.36. The van der Waals surface area contributed by atoms with Gasteiger partial charge in [0.15, 0.2) is 0 Å². The number of nitrogens with zero attached hydrogens (tertiary/aromatic N) is 1. The quantitative estimate of drug-likeness (QED) is 0.779. The first-order valence-electron chi connectivity index (χ1n) is 4.44. The summed E-state index contributed by atoms with van der Waals surface area (Å²) in [4.78, 5) is 4.46. The Balaban J connectivity index is 2.76. The number of alkyl halides is 1. The van der Waals surface area contributed by atoms with Gasteiger partial charge in [-0.05, 0) is 27.6 Å². The number of halogens is 2. The Hall–Kier alpha value is -0.610. The molecule has 0 aliphatic heterocycles. The van der Waals surface area contributed by atoms with Crippen LogP contribution in [0.25, 0.3) is 10.9 Å². The third-order valence-electron chi connectivity index (χ3n) is 2.19. The molecular weight excluding hydrogens is 322 g/mol. The van der Waals surface area contributed by atoms with E-state index in [-0.39, 0.29) is 0 Å². The van der Waals surface area contributed by atoms with Gasteiger partial charge in [0.1, 0.15) is 0 Å². The summed E-state index contributed by atoms with van der Waals surface area (Å²) in [7, 11) is 1.62. The molecule has 0 atom stereocenters. The van der Waals surface area contributed by atoms with E-state index in [1.165, 1.54) is 5.56 Å². The number of methoxy groups -OCH3 is 1. The lowest BCUT2D eigenvalue weighted by molar-refractivity contribution is 0.397. The lowest BCUT2D eigenvalue weighted by Crippen LogP contribution is -1.92. The first-order valence-corrected chi connectivity index (χ1v) is 6.36. The monoisotopic (exact) mass is 329 g/mol. The highest BCUT2D eigenvalue weighted by Crippen LogP contribution is 2.29. The van der Waals surface area contributed by atoms with Crippen molar-refractivity contribution in [1.29, 1.82) is 0 Å². The van der Waals surface area contributed by atoms with Crippen molar-refractivity contribution in [1.82, 2.24) is 4.98 Å². The Labute approximate surface area is 105 Å². The molecule has 78 valence electrons. The van der Waals surface area contributed by atoms with Crippen molar-refractivity contribution in [3.05, 3.63) is 34.3 Å². The fourth-order valence-corrected chi connectivity index (χ4v) is 2.42. The largest absolute Gasteiger partial charge is 0.480 e. The van der Waals surface area contributed by atoms with Gasteiger partial charge in [0.25, 0.3) is 0 Å². The van der Waals surface area contributed by atoms with Crippen molar-refractivity contribution in [3.63, 3.8) is 0 Å². The van der Waals surface area contributed by atoms with Gasteiger partial charge in [0.2, 0.25) is 5.88 Å². The fraction of sp³-hybridized carbons (Fsp3) is 0.182. The van der Waals surface area contributed by atoms with E-state index in [0.29, 0.717) is 5.88 Å². The molecule has 0 aliphatic rings. The maximum Gasteiger partial charge on any atom is 0.228 e. The third kappa shape index (κ3) is 2.01. The SMILES string of the molecule is COc1nc2c(CBr)cccc2cc1Br. The van der Waals surface area contributed by atoms with Gasteiger partial charge in [-0.15, -0.1) is 0 Å². The van der Waals surface area contributed by atoms with Crippen LogP contribution in [0, 0.1) is 0 Å². The number of ether oxygens (including phenoxy) is 1. The number of hydrogen-bond donors (Lipinski definition) is 0. The van der Waals surface area contributed by atoms with Gasteiger partial charge < -0.3 is 4.74 Å². The van der Waals surface area contributed by atoms with E-state index in [1.807, 2.05) is 18.2 Å². The number of benzene rings is 1. The lowest BCUT2D eigenvalue weighted by Gasteiger charge is -2.07. The molecule has 0 spiro atoms. The molecule has 0 unspecified atom stereocenters. The van der Waals surface area contributed by atoms with Crippen molar-refractivity contribution in [2.45, 2.75) is 5.33 Å². The molecule has 0 fully saturated rings. The van der Waals surface area contributed by atoms with Gasteiger partial charge in [0.05, 0.1) is 17.1 Å². The zero-order valence-corrected chi connectivity index (χ0v) is 11.3. The zero-order valence-electron chi connectivity index (χ0n) is 8.13. The van der Waals surface area contributed by atoms with Crippen molar-refractivity contribution < 1.29 is 4.74 Å². The summed E-state index contributed by atoms with van der Waals surface area (Å²) >= 11 is 6.88. The summed E-state index contributed by atoms with van der Waals surface area (Å²) in [6.45, 7) is 0. The summed E-state index contributed by atoms with van der Waals surface area (Å²) in [6.07, 6.45) is 0. The second-order valence-corrected chi connectivity index (χ2v) is 4.52. The van der Waals surface area contributed by atoms with E-state index in [1.54, 1.807) is 7.11 Å². The second kappa shape index (κ2) is 4.49. The van der Waals surface area contributed by atoms with Crippen molar-refractivity contribution in [3.8, 4) is 5.88 Å². The normalized spacial score (nSPS) is 10.6. The van der Waals surface area contributed by atoms with E-state index >= 15 is 0 Å². The maximum absolute atomic E-state index is 5.18. The van der Waals surface area contributed by atoms with Crippen LogP contribution < -0.4 is 4.74 Å². The number of pyridine rings is 1. The molecule has 2 aromatic rings. The van der Waals surface area contributed by atoms with Crippen LogP contribution in [-0.2, 0) is 5.33 Å². The Kier molecular flexibility index (Phi) is 3.26. The summed E-state index contributed by atoms with van der Waals surface area (Å²) in [6, 6.07) is 8.14. The molecule has 1 aromatic heterocycles. The molecular formula is C11H9Br2NO. The molecule has 0 amide bonds. The minimum atomic E-state index is 0.621. The zero-order chi connectivity index (χ0) is 10.8. The van der Waals surface area contributed by atoms with Crippen molar-refractivity contribution in [2.24, 2.45) is 0 Å². The average molecular weight is 331 g/mol. The molecule has 0 saturated heterocycles. The first-order chi connectivity index (χ1) is 7.26. The van der Waals surface area contributed by atoms with E-state index in [4.69, 9.17) is 4.74 Å². The number of para-hydroxylation sites is 1. The number of rotatable bonds is 2. The minimum Gasteiger partial charge on any atom is -0.480 e. The van der Waals surface area contributed by atoms with Crippen LogP contribution in [0.4, 0.5) is 0 Å². The maximum atomic E-state index is 5.18. The van der Waals surface area contributed by atoms with Gasteiger partial charge in [0, 0.05) is 10.7 Å². The number of fused-ring (bicyclic) bond motifs is 1. The molecule has 0 aliphatic carbocycles.